The van der Waals surface area contributed by atoms with Gasteiger partial charge in [0, 0.05) is 5.56 Å². The van der Waals surface area contributed by atoms with E-state index in [0.717, 1.165) is 6.54 Å². The first kappa shape index (κ1) is 13.2. The van der Waals surface area contributed by atoms with Gasteiger partial charge in [-0.15, -0.1) is 0 Å². The van der Waals surface area contributed by atoms with Crippen LogP contribution < -0.4 is 10.8 Å². The van der Waals surface area contributed by atoms with Crippen LogP contribution in [0.3, 0.4) is 0 Å². The molecule has 0 saturated carbocycles. The van der Waals surface area contributed by atoms with Crippen LogP contribution in [0.1, 0.15) is 17.3 Å². The first-order chi connectivity index (χ1) is 6.54. The number of carboxylic acids is 1. The van der Waals surface area contributed by atoms with Gasteiger partial charge in [-0.3, -0.25) is 0 Å². The molecular weight excluding hydrogens is 225 g/mol. The number of rotatable bonds is 1. The van der Waals surface area contributed by atoms with E-state index in [9.17, 15) is 9.90 Å². The van der Waals surface area contributed by atoms with E-state index in [-0.39, 0.29) is 15.6 Å². The number of halogens is 2. The molecule has 0 saturated heterocycles. The fourth-order valence-electron chi connectivity index (χ4n) is 0.661. The van der Waals surface area contributed by atoms with Crippen LogP contribution >= 0.6 is 23.2 Å². The Hall–Kier alpha value is -0.770. The molecule has 0 heterocycles. The number of quaternary nitrogens is 1. The molecule has 3 nitrogen and oxygen atoms in total. The Kier molecular flexibility index (Phi) is 6.28. The molecule has 0 aromatic heterocycles. The van der Waals surface area contributed by atoms with Crippen LogP contribution in [-0.4, -0.2) is 12.5 Å². The average Bonchev–Trinajstić information content (AvgIpc) is 2.10. The maximum Gasteiger partial charge on any atom is 0.0730 e. The molecular formula is C9H11Cl2NO2. The van der Waals surface area contributed by atoms with Crippen LogP contribution in [0.2, 0.25) is 10.0 Å². The van der Waals surface area contributed by atoms with Gasteiger partial charge in [-0.1, -0.05) is 35.3 Å². The van der Waals surface area contributed by atoms with Gasteiger partial charge in [0.1, 0.15) is 0 Å². The highest BCUT2D eigenvalue weighted by Gasteiger charge is 2.03. The minimum absolute atomic E-state index is 0.0224. The molecule has 1 rings (SSSR count). The lowest BCUT2D eigenvalue weighted by atomic mass is 10.2. The predicted octanol–water partition coefficient (Wildman–Crippen LogP) is 0.605. The van der Waals surface area contributed by atoms with Crippen molar-refractivity contribution >= 4 is 29.2 Å². The molecule has 0 bridgehead atoms. The normalized spacial score (nSPS) is 8.86. The van der Waals surface area contributed by atoms with Gasteiger partial charge in [0.2, 0.25) is 0 Å². The Balaban J connectivity index is 0.000000500. The number of carbonyl (C=O) groups excluding carboxylic acids is 1. The van der Waals surface area contributed by atoms with Crippen molar-refractivity contribution in [1.82, 2.24) is 0 Å². The molecule has 0 unspecified atom stereocenters. The van der Waals surface area contributed by atoms with Crippen LogP contribution in [0.25, 0.3) is 0 Å². The Labute approximate surface area is 92.4 Å². The fourth-order valence-corrected chi connectivity index (χ4v) is 1.04. The summed E-state index contributed by atoms with van der Waals surface area (Å²) in [4.78, 5) is 10.3. The van der Waals surface area contributed by atoms with E-state index < -0.39 is 5.97 Å². The lowest BCUT2D eigenvalue weighted by Crippen LogP contribution is -2.48. The van der Waals surface area contributed by atoms with Gasteiger partial charge in [-0.05, 0) is 13.0 Å². The van der Waals surface area contributed by atoms with Crippen molar-refractivity contribution < 1.29 is 15.6 Å². The summed E-state index contributed by atoms with van der Waals surface area (Å²) in [7, 11) is 0. The molecule has 0 radical (unpaired) electrons. The predicted molar refractivity (Wildman–Crippen MR) is 54.2 cm³/mol. The largest absolute Gasteiger partial charge is 0.545 e. The van der Waals surface area contributed by atoms with E-state index in [1.54, 1.807) is 0 Å². The van der Waals surface area contributed by atoms with Gasteiger partial charge in [0.25, 0.3) is 0 Å². The van der Waals surface area contributed by atoms with Crippen molar-refractivity contribution in [2.24, 2.45) is 0 Å². The lowest BCUT2D eigenvalue weighted by molar-refractivity contribution is -0.361. The second-order valence-electron chi connectivity index (χ2n) is 2.39. The summed E-state index contributed by atoms with van der Waals surface area (Å²) in [6.07, 6.45) is 0. The summed E-state index contributed by atoms with van der Waals surface area (Å²) < 4.78 is 0. The number of benzene rings is 1. The number of aromatic carboxylic acids is 1. The Morgan fingerprint density at radius 1 is 1.50 bits per heavy atom. The van der Waals surface area contributed by atoms with E-state index in [1.807, 2.05) is 6.92 Å². The smallest absolute Gasteiger partial charge is 0.0730 e. The lowest BCUT2D eigenvalue weighted by Gasteiger charge is -2.04. The summed E-state index contributed by atoms with van der Waals surface area (Å²) in [6, 6.07) is 4.35. The van der Waals surface area contributed by atoms with Crippen LogP contribution in [0, 0.1) is 0 Å². The van der Waals surface area contributed by atoms with Crippen LogP contribution in [-0.2, 0) is 0 Å². The zero-order chi connectivity index (χ0) is 11.1. The second-order valence-corrected chi connectivity index (χ2v) is 3.17. The Bertz CT molecular complexity index is 316. The topological polar surface area (TPSA) is 67.8 Å². The van der Waals surface area contributed by atoms with Crippen molar-refractivity contribution in [2.45, 2.75) is 6.92 Å². The molecule has 5 heteroatoms. The molecule has 0 aliphatic heterocycles. The summed E-state index contributed by atoms with van der Waals surface area (Å²) in [5, 5.41) is 10.6. The SMILES string of the molecule is CC[NH3+].O=C([O-])c1cccc(Cl)c1Cl. The van der Waals surface area contributed by atoms with E-state index in [1.165, 1.54) is 18.2 Å². The minimum Gasteiger partial charge on any atom is -0.545 e. The third kappa shape index (κ3) is 3.96. The van der Waals surface area contributed by atoms with Crippen LogP contribution in [0.5, 0.6) is 0 Å². The number of hydrogen-bond acceptors (Lipinski definition) is 2. The Morgan fingerprint density at radius 3 is 2.36 bits per heavy atom. The third-order valence-electron chi connectivity index (χ3n) is 1.17. The molecule has 1 aromatic rings. The molecule has 0 amide bonds. The highest BCUT2D eigenvalue weighted by molar-refractivity contribution is 6.43. The highest BCUT2D eigenvalue weighted by atomic mass is 35.5. The average molecular weight is 236 g/mol. The van der Waals surface area contributed by atoms with Gasteiger partial charge < -0.3 is 15.6 Å². The van der Waals surface area contributed by atoms with Gasteiger partial charge >= 0.3 is 0 Å². The van der Waals surface area contributed by atoms with Crippen LogP contribution in [0.15, 0.2) is 18.2 Å². The molecule has 3 N–H and O–H groups in total. The second kappa shape index (κ2) is 6.65. The van der Waals surface area contributed by atoms with Gasteiger partial charge in [-0.2, -0.15) is 0 Å². The fraction of sp³-hybridized carbons (Fsp3) is 0.222. The van der Waals surface area contributed by atoms with E-state index in [2.05, 4.69) is 5.73 Å². The highest BCUT2D eigenvalue weighted by Crippen LogP contribution is 2.24. The van der Waals surface area contributed by atoms with Crippen molar-refractivity contribution in [2.75, 3.05) is 6.54 Å². The number of hydrogen-bond donors (Lipinski definition) is 1. The summed E-state index contributed by atoms with van der Waals surface area (Å²) in [5.41, 5.74) is 3.40. The maximum absolute atomic E-state index is 10.3. The third-order valence-corrected chi connectivity index (χ3v) is 1.99. The summed E-state index contributed by atoms with van der Waals surface area (Å²) in [5.74, 6) is -1.32. The van der Waals surface area contributed by atoms with E-state index >= 15 is 0 Å². The molecule has 0 spiro atoms. The standard InChI is InChI=1S/C7H4Cl2O2.C2H7N/c8-5-3-1-2-4(6(5)9)7(10)11;1-2-3/h1-3H,(H,10,11);2-3H2,1H3. The van der Waals surface area contributed by atoms with E-state index in [4.69, 9.17) is 23.2 Å². The molecule has 0 atom stereocenters. The number of carbonyl (C=O) groups is 1. The molecule has 0 aliphatic carbocycles. The molecule has 78 valence electrons. The van der Waals surface area contributed by atoms with Gasteiger partial charge in [-0.25, -0.2) is 0 Å². The van der Waals surface area contributed by atoms with E-state index in [0.29, 0.717) is 0 Å². The quantitative estimate of drug-likeness (QED) is 0.775. The maximum atomic E-state index is 10.3. The molecule has 0 fully saturated rings. The minimum atomic E-state index is -1.32. The van der Waals surface area contributed by atoms with Crippen molar-refractivity contribution in [3.05, 3.63) is 33.8 Å². The van der Waals surface area contributed by atoms with Crippen molar-refractivity contribution in [1.29, 1.82) is 0 Å². The number of carboxylic acid groups (broad SMARTS) is 1. The Morgan fingerprint density at radius 2 is 2.00 bits per heavy atom. The summed E-state index contributed by atoms with van der Waals surface area (Å²) in [6.45, 7) is 3.01. The van der Waals surface area contributed by atoms with Crippen molar-refractivity contribution in [3.8, 4) is 0 Å². The zero-order valence-electron chi connectivity index (χ0n) is 7.72. The molecule has 1 aromatic carbocycles. The summed E-state index contributed by atoms with van der Waals surface area (Å²) >= 11 is 11.1. The van der Waals surface area contributed by atoms with Gasteiger partial charge in [0.15, 0.2) is 0 Å². The molecule has 0 aliphatic rings. The first-order valence-electron chi connectivity index (χ1n) is 3.99. The zero-order valence-corrected chi connectivity index (χ0v) is 9.23. The first-order valence-corrected chi connectivity index (χ1v) is 4.74. The van der Waals surface area contributed by atoms with Gasteiger partial charge in [0.05, 0.1) is 22.6 Å². The van der Waals surface area contributed by atoms with Crippen LogP contribution in [0.4, 0.5) is 0 Å². The monoisotopic (exact) mass is 235 g/mol. The van der Waals surface area contributed by atoms with Crippen molar-refractivity contribution in [3.63, 3.8) is 0 Å². The molecule has 14 heavy (non-hydrogen) atoms.